The molecule has 1 amide bonds. The van der Waals surface area contributed by atoms with Crippen LogP contribution in [0, 0.1) is 0 Å². The van der Waals surface area contributed by atoms with Crippen LogP contribution in [0.2, 0.25) is 0 Å². The van der Waals surface area contributed by atoms with E-state index in [1.54, 1.807) is 31.2 Å². The maximum Gasteiger partial charge on any atom is 0.242 e. The van der Waals surface area contributed by atoms with Crippen molar-refractivity contribution >= 4 is 28.9 Å². The van der Waals surface area contributed by atoms with E-state index in [0.29, 0.717) is 28.7 Å². The Morgan fingerprint density at radius 2 is 1.96 bits per heavy atom. The summed E-state index contributed by atoms with van der Waals surface area (Å²) in [5, 5.41) is 10.9. The number of benzene rings is 1. The van der Waals surface area contributed by atoms with Crippen LogP contribution in [0.5, 0.6) is 5.75 Å². The second kappa shape index (κ2) is 9.44. The zero-order chi connectivity index (χ0) is 19.8. The summed E-state index contributed by atoms with van der Waals surface area (Å²) in [6, 6.07) is 9.80. The number of azo groups is 1. The number of nitrogen functional groups attached to an aromatic ring is 1. The molecule has 1 aromatic heterocycles. The lowest BCUT2D eigenvalue weighted by Gasteiger charge is -2.09. The van der Waals surface area contributed by atoms with Crippen molar-refractivity contribution in [2.24, 2.45) is 16.0 Å². The Bertz CT molecular complexity index is 848. The van der Waals surface area contributed by atoms with Crippen LogP contribution in [0.15, 0.2) is 59.0 Å². The third-order valence-electron chi connectivity index (χ3n) is 3.48. The van der Waals surface area contributed by atoms with Gasteiger partial charge in [-0.2, -0.15) is 0 Å². The van der Waals surface area contributed by atoms with Crippen molar-refractivity contribution < 1.29 is 9.53 Å². The number of rotatable bonds is 8. The van der Waals surface area contributed by atoms with Crippen LogP contribution in [-0.2, 0) is 4.79 Å². The lowest BCUT2D eigenvalue weighted by Crippen LogP contribution is -2.32. The van der Waals surface area contributed by atoms with Crippen molar-refractivity contribution in [3.63, 3.8) is 0 Å². The standard InChI is InChI=1S/C19H24N6O2/c1-4-7-12(2)27-16-9-6-5-8-14(16)24-25-15-10-11-17(22-18(15)21)23-19(26)13(3)20/h5-6,8-11,13H,2,4,7,20H2,1,3H3,(H3,21,22,23,26)/t13-/m0/s1. The van der Waals surface area contributed by atoms with Crippen molar-refractivity contribution in [2.75, 3.05) is 11.1 Å². The van der Waals surface area contributed by atoms with Crippen molar-refractivity contribution in [2.45, 2.75) is 32.7 Å². The molecule has 1 aromatic carbocycles. The van der Waals surface area contributed by atoms with E-state index < -0.39 is 6.04 Å². The number of anilines is 2. The van der Waals surface area contributed by atoms with Crippen LogP contribution < -0.4 is 21.5 Å². The van der Waals surface area contributed by atoms with Crippen molar-refractivity contribution in [1.29, 1.82) is 0 Å². The second-order valence-corrected chi connectivity index (χ2v) is 5.94. The van der Waals surface area contributed by atoms with Gasteiger partial charge in [-0.05, 0) is 37.6 Å². The van der Waals surface area contributed by atoms with Gasteiger partial charge in [0.25, 0.3) is 0 Å². The van der Waals surface area contributed by atoms with Gasteiger partial charge in [0.1, 0.15) is 17.2 Å². The number of hydrogen-bond donors (Lipinski definition) is 3. The first-order valence-electron chi connectivity index (χ1n) is 8.60. The monoisotopic (exact) mass is 368 g/mol. The molecule has 0 unspecified atom stereocenters. The highest BCUT2D eigenvalue weighted by molar-refractivity contribution is 5.93. The molecule has 0 saturated heterocycles. The van der Waals surface area contributed by atoms with Gasteiger partial charge in [0.2, 0.25) is 5.91 Å². The topological polar surface area (TPSA) is 128 Å². The van der Waals surface area contributed by atoms with E-state index in [1.807, 2.05) is 12.1 Å². The van der Waals surface area contributed by atoms with Gasteiger partial charge in [-0.25, -0.2) is 4.98 Å². The molecule has 0 radical (unpaired) electrons. The minimum absolute atomic E-state index is 0.134. The number of carbonyl (C=O) groups is 1. The molecule has 0 aliphatic heterocycles. The van der Waals surface area contributed by atoms with Gasteiger partial charge in [0.15, 0.2) is 11.6 Å². The average molecular weight is 368 g/mol. The summed E-state index contributed by atoms with van der Waals surface area (Å²) < 4.78 is 5.74. The summed E-state index contributed by atoms with van der Waals surface area (Å²) >= 11 is 0. The Labute approximate surface area is 158 Å². The number of carbonyl (C=O) groups excluding carboxylic acids is 1. The van der Waals surface area contributed by atoms with Crippen molar-refractivity contribution in [3.05, 3.63) is 48.7 Å². The molecular formula is C19H24N6O2. The minimum atomic E-state index is -0.647. The minimum Gasteiger partial charge on any atom is -0.460 e. The van der Waals surface area contributed by atoms with Crippen molar-refractivity contribution in [3.8, 4) is 5.75 Å². The summed E-state index contributed by atoms with van der Waals surface area (Å²) in [5.74, 6) is 1.31. The largest absolute Gasteiger partial charge is 0.460 e. The van der Waals surface area contributed by atoms with Gasteiger partial charge in [0.05, 0.1) is 11.8 Å². The van der Waals surface area contributed by atoms with Crippen molar-refractivity contribution in [1.82, 2.24) is 4.98 Å². The fourth-order valence-electron chi connectivity index (χ4n) is 2.08. The average Bonchev–Trinajstić information content (AvgIpc) is 2.62. The summed E-state index contributed by atoms with van der Waals surface area (Å²) in [4.78, 5) is 15.7. The second-order valence-electron chi connectivity index (χ2n) is 5.94. The zero-order valence-corrected chi connectivity index (χ0v) is 15.5. The Hall–Kier alpha value is -3.26. The van der Waals surface area contributed by atoms with E-state index in [0.717, 1.165) is 12.8 Å². The quantitative estimate of drug-likeness (QED) is 0.478. The Kier molecular flexibility index (Phi) is 7.01. The first-order valence-corrected chi connectivity index (χ1v) is 8.60. The van der Waals surface area contributed by atoms with Gasteiger partial charge in [-0.1, -0.05) is 25.6 Å². The normalized spacial score (nSPS) is 12.0. The maximum atomic E-state index is 11.6. The number of aromatic nitrogens is 1. The van der Waals surface area contributed by atoms with E-state index in [-0.39, 0.29) is 11.7 Å². The van der Waals surface area contributed by atoms with Crippen LogP contribution >= 0.6 is 0 Å². The Balaban J connectivity index is 2.16. The molecule has 0 aliphatic carbocycles. The molecule has 0 bridgehead atoms. The molecule has 8 nitrogen and oxygen atoms in total. The zero-order valence-electron chi connectivity index (χ0n) is 15.5. The smallest absolute Gasteiger partial charge is 0.242 e. The molecule has 2 aromatic rings. The SMILES string of the molecule is C=C(CCC)Oc1ccccc1N=Nc1ccc(NC(=O)[C@H](C)N)nc1N. The number of allylic oxidation sites excluding steroid dienone is 1. The van der Waals surface area contributed by atoms with Gasteiger partial charge in [0, 0.05) is 6.42 Å². The molecule has 2 rings (SSSR count). The lowest BCUT2D eigenvalue weighted by molar-refractivity contribution is -0.117. The van der Waals surface area contributed by atoms with Gasteiger partial charge >= 0.3 is 0 Å². The van der Waals surface area contributed by atoms with Crippen LogP contribution in [0.3, 0.4) is 0 Å². The summed E-state index contributed by atoms with van der Waals surface area (Å²) in [7, 11) is 0. The summed E-state index contributed by atoms with van der Waals surface area (Å²) in [6.45, 7) is 7.52. The first kappa shape index (κ1) is 20.1. The number of ether oxygens (including phenoxy) is 1. The van der Waals surface area contributed by atoms with Crippen LogP contribution in [0.1, 0.15) is 26.7 Å². The van der Waals surface area contributed by atoms with Crippen LogP contribution in [0.25, 0.3) is 0 Å². The molecule has 1 heterocycles. The molecule has 0 saturated carbocycles. The molecular weight excluding hydrogens is 344 g/mol. The highest BCUT2D eigenvalue weighted by atomic mass is 16.5. The molecule has 8 heteroatoms. The number of nitrogens with zero attached hydrogens (tertiary/aromatic N) is 3. The van der Waals surface area contributed by atoms with Crippen LogP contribution in [-0.4, -0.2) is 16.9 Å². The van der Waals surface area contributed by atoms with E-state index in [2.05, 4.69) is 34.0 Å². The number of hydrogen-bond acceptors (Lipinski definition) is 7. The Morgan fingerprint density at radius 1 is 1.26 bits per heavy atom. The molecule has 0 fully saturated rings. The predicted octanol–water partition coefficient (Wildman–Crippen LogP) is 4.06. The van der Waals surface area contributed by atoms with Gasteiger partial charge < -0.3 is 21.5 Å². The number of amides is 1. The van der Waals surface area contributed by atoms with E-state index in [1.165, 1.54) is 0 Å². The molecule has 0 aliphatic rings. The third kappa shape index (κ3) is 5.89. The molecule has 0 spiro atoms. The number of para-hydroxylation sites is 1. The fourth-order valence-corrected chi connectivity index (χ4v) is 2.08. The van der Waals surface area contributed by atoms with E-state index in [9.17, 15) is 4.79 Å². The van der Waals surface area contributed by atoms with Gasteiger partial charge in [-0.15, -0.1) is 10.2 Å². The predicted molar refractivity (Wildman–Crippen MR) is 106 cm³/mol. The first-order chi connectivity index (χ1) is 12.9. The van der Waals surface area contributed by atoms with E-state index >= 15 is 0 Å². The van der Waals surface area contributed by atoms with Crippen LogP contribution in [0.4, 0.5) is 23.0 Å². The number of pyridine rings is 1. The summed E-state index contributed by atoms with van der Waals surface area (Å²) in [6.07, 6.45) is 1.70. The van der Waals surface area contributed by atoms with Gasteiger partial charge in [-0.3, -0.25) is 4.79 Å². The molecule has 1 atom stereocenters. The number of nitrogens with two attached hydrogens (primary N) is 2. The fraction of sp³-hybridized carbons (Fsp3) is 0.263. The molecule has 27 heavy (non-hydrogen) atoms. The maximum absolute atomic E-state index is 11.6. The number of nitrogens with one attached hydrogen (secondary N) is 1. The highest BCUT2D eigenvalue weighted by Crippen LogP contribution is 2.31. The molecule has 142 valence electrons. The Morgan fingerprint density at radius 3 is 2.63 bits per heavy atom. The summed E-state index contributed by atoms with van der Waals surface area (Å²) in [5.41, 5.74) is 12.3. The third-order valence-corrected chi connectivity index (χ3v) is 3.48. The highest BCUT2D eigenvalue weighted by Gasteiger charge is 2.10. The lowest BCUT2D eigenvalue weighted by atomic mass is 10.3. The molecule has 5 N–H and O–H groups in total. The van der Waals surface area contributed by atoms with E-state index in [4.69, 9.17) is 16.2 Å².